The summed E-state index contributed by atoms with van der Waals surface area (Å²) in [6.07, 6.45) is 6.02. The molecule has 1 aromatic rings. The van der Waals surface area contributed by atoms with Gasteiger partial charge in [-0.15, -0.1) is 0 Å². The molecule has 3 heteroatoms. The molecule has 90 valence electrons. The number of carboxylic acids is 1. The average Bonchev–Trinajstić information content (AvgIpc) is 2.34. The van der Waals surface area contributed by atoms with Crippen LogP contribution in [-0.2, 0) is 16.0 Å². The normalized spacial score (nSPS) is 19.2. The maximum atomic E-state index is 10.3. The molecule has 0 amide bonds. The molecule has 1 aliphatic rings. The molecule has 1 N–H and O–H groups in total. The summed E-state index contributed by atoms with van der Waals surface area (Å²) in [5.41, 5.74) is 2.61. The van der Waals surface area contributed by atoms with Crippen molar-refractivity contribution in [3.05, 3.63) is 47.5 Å². The second kappa shape index (κ2) is 5.64. The molecular weight excluding hydrogens is 216 g/mol. The first-order valence-corrected chi connectivity index (χ1v) is 5.86. The van der Waals surface area contributed by atoms with E-state index in [0.717, 1.165) is 25.3 Å². The molecule has 1 atom stereocenters. The predicted octanol–water partition coefficient (Wildman–Crippen LogP) is 2.72. The van der Waals surface area contributed by atoms with Gasteiger partial charge in [0.15, 0.2) is 0 Å². The first-order chi connectivity index (χ1) is 8.27. The summed E-state index contributed by atoms with van der Waals surface area (Å²) in [5, 5.41) is 8.47. The molecule has 1 aromatic carbocycles. The van der Waals surface area contributed by atoms with E-state index in [0.29, 0.717) is 6.61 Å². The highest BCUT2D eigenvalue weighted by Gasteiger charge is 2.19. The molecule has 3 nitrogen and oxygen atoms in total. The van der Waals surface area contributed by atoms with E-state index in [2.05, 4.69) is 12.1 Å². The van der Waals surface area contributed by atoms with Gasteiger partial charge in [0.25, 0.3) is 0 Å². The van der Waals surface area contributed by atoms with Crippen molar-refractivity contribution < 1.29 is 14.6 Å². The summed E-state index contributed by atoms with van der Waals surface area (Å²) in [6, 6.07) is 8.30. The van der Waals surface area contributed by atoms with Crippen molar-refractivity contribution in [1.29, 1.82) is 0 Å². The van der Waals surface area contributed by atoms with Gasteiger partial charge in [0.1, 0.15) is 0 Å². The Labute approximate surface area is 101 Å². The highest BCUT2D eigenvalue weighted by Crippen LogP contribution is 2.32. The van der Waals surface area contributed by atoms with Gasteiger partial charge in [0, 0.05) is 6.08 Å². The van der Waals surface area contributed by atoms with E-state index in [4.69, 9.17) is 9.84 Å². The van der Waals surface area contributed by atoms with Crippen molar-refractivity contribution in [2.24, 2.45) is 0 Å². The number of benzene rings is 1. The Hall–Kier alpha value is -1.61. The van der Waals surface area contributed by atoms with Crippen LogP contribution in [0.1, 0.15) is 30.1 Å². The van der Waals surface area contributed by atoms with E-state index >= 15 is 0 Å². The van der Waals surface area contributed by atoms with Crippen LogP contribution >= 0.6 is 0 Å². The Balaban J connectivity index is 1.97. The summed E-state index contributed by atoms with van der Waals surface area (Å²) in [4.78, 5) is 10.3. The molecule has 1 unspecified atom stereocenters. The van der Waals surface area contributed by atoms with E-state index in [1.807, 2.05) is 12.1 Å². The van der Waals surface area contributed by atoms with Gasteiger partial charge < -0.3 is 9.84 Å². The van der Waals surface area contributed by atoms with Gasteiger partial charge in [-0.2, -0.15) is 0 Å². The molecule has 0 saturated carbocycles. The molecule has 0 spiro atoms. The number of fused-ring (bicyclic) bond motifs is 1. The molecule has 0 heterocycles. The summed E-state index contributed by atoms with van der Waals surface area (Å²) in [6.45, 7) is 0.352. The quantitative estimate of drug-likeness (QED) is 0.812. The van der Waals surface area contributed by atoms with Gasteiger partial charge in [0.2, 0.25) is 0 Å². The zero-order valence-electron chi connectivity index (χ0n) is 9.63. The smallest absolute Gasteiger partial charge is 0.328 e. The van der Waals surface area contributed by atoms with Crippen LogP contribution in [0, 0.1) is 0 Å². The lowest BCUT2D eigenvalue weighted by Gasteiger charge is -2.25. The number of aryl methyl sites for hydroxylation is 1. The number of carboxylic acid groups (broad SMARTS) is 1. The fourth-order valence-corrected chi connectivity index (χ4v) is 2.20. The second-order valence-electron chi connectivity index (χ2n) is 4.15. The fraction of sp³-hybridized carbons (Fsp3) is 0.357. The van der Waals surface area contributed by atoms with E-state index in [1.54, 1.807) is 6.08 Å². The largest absolute Gasteiger partial charge is 0.478 e. The third-order valence-electron chi connectivity index (χ3n) is 2.97. The van der Waals surface area contributed by atoms with Crippen LogP contribution in [-0.4, -0.2) is 17.7 Å². The Morgan fingerprint density at radius 2 is 2.29 bits per heavy atom. The van der Waals surface area contributed by atoms with Gasteiger partial charge in [0.05, 0.1) is 12.7 Å². The summed E-state index contributed by atoms with van der Waals surface area (Å²) >= 11 is 0. The third-order valence-corrected chi connectivity index (χ3v) is 2.97. The number of hydrogen-bond acceptors (Lipinski definition) is 2. The van der Waals surface area contributed by atoms with Gasteiger partial charge in [-0.05, 0) is 30.4 Å². The van der Waals surface area contributed by atoms with Crippen molar-refractivity contribution >= 4 is 5.97 Å². The van der Waals surface area contributed by atoms with Gasteiger partial charge >= 0.3 is 5.97 Å². The topological polar surface area (TPSA) is 46.5 Å². The molecule has 2 rings (SSSR count). The molecule has 0 aliphatic heterocycles. The number of hydrogen-bond donors (Lipinski definition) is 1. The number of ether oxygens (including phenoxy) is 1. The zero-order valence-corrected chi connectivity index (χ0v) is 9.63. The maximum Gasteiger partial charge on any atom is 0.328 e. The molecule has 0 bridgehead atoms. The standard InChI is InChI=1S/C14H16O3/c15-14(16)9-4-10-17-13-8-3-6-11-5-1-2-7-12(11)13/h1-2,4-5,7,9,13H,3,6,8,10H2,(H,15,16). The third kappa shape index (κ3) is 3.17. The number of rotatable bonds is 4. The van der Waals surface area contributed by atoms with Crippen molar-refractivity contribution in [1.82, 2.24) is 0 Å². The Morgan fingerprint density at radius 3 is 3.12 bits per heavy atom. The molecule has 0 fully saturated rings. The van der Waals surface area contributed by atoms with Gasteiger partial charge in [-0.25, -0.2) is 4.79 Å². The molecule has 0 saturated heterocycles. The van der Waals surface area contributed by atoms with Crippen LogP contribution in [0.5, 0.6) is 0 Å². The van der Waals surface area contributed by atoms with E-state index < -0.39 is 5.97 Å². The van der Waals surface area contributed by atoms with E-state index in [9.17, 15) is 4.79 Å². The molecule has 1 aliphatic carbocycles. The highest BCUT2D eigenvalue weighted by molar-refractivity contribution is 5.79. The van der Waals surface area contributed by atoms with Crippen LogP contribution in [0.25, 0.3) is 0 Å². The minimum atomic E-state index is -0.933. The molecule has 0 aromatic heterocycles. The van der Waals surface area contributed by atoms with Gasteiger partial charge in [-0.3, -0.25) is 0 Å². The maximum absolute atomic E-state index is 10.3. The SMILES string of the molecule is O=C(O)C=CCOC1CCCc2ccccc21. The predicted molar refractivity (Wildman–Crippen MR) is 64.8 cm³/mol. The number of aliphatic carboxylic acids is 1. The first kappa shape index (κ1) is 11.9. The second-order valence-corrected chi connectivity index (χ2v) is 4.15. The summed E-state index contributed by atoms with van der Waals surface area (Å²) in [5.74, 6) is -0.933. The van der Waals surface area contributed by atoms with Crippen molar-refractivity contribution in [3.8, 4) is 0 Å². The first-order valence-electron chi connectivity index (χ1n) is 5.86. The lowest BCUT2D eigenvalue weighted by atomic mass is 9.89. The lowest BCUT2D eigenvalue weighted by Crippen LogP contribution is -2.12. The van der Waals surface area contributed by atoms with Crippen LogP contribution < -0.4 is 0 Å². The molecular formula is C14H16O3. The van der Waals surface area contributed by atoms with Crippen molar-refractivity contribution in [3.63, 3.8) is 0 Å². The summed E-state index contributed by atoms with van der Waals surface area (Å²) in [7, 11) is 0. The minimum absolute atomic E-state index is 0.110. The fourth-order valence-electron chi connectivity index (χ4n) is 2.20. The van der Waals surface area contributed by atoms with Crippen molar-refractivity contribution in [2.75, 3.05) is 6.61 Å². The molecule has 0 radical (unpaired) electrons. The van der Waals surface area contributed by atoms with Crippen LogP contribution in [0.2, 0.25) is 0 Å². The minimum Gasteiger partial charge on any atom is -0.478 e. The zero-order chi connectivity index (χ0) is 12.1. The Bertz CT molecular complexity index is 423. The van der Waals surface area contributed by atoms with Gasteiger partial charge in [-0.1, -0.05) is 30.3 Å². The van der Waals surface area contributed by atoms with E-state index in [-0.39, 0.29) is 6.10 Å². The monoisotopic (exact) mass is 232 g/mol. The summed E-state index contributed by atoms with van der Waals surface area (Å²) < 4.78 is 5.71. The number of carbonyl (C=O) groups is 1. The van der Waals surface area contributed by atoms with Crippen LogP contribution in [0.15, 0.2) is 36.4 Å². The van der Waals surface area contributed by atoms with Crippen molar-refractivity contribution in [2.45, 2.75) is 25.4 Å². The Morgan fingerprint density at radius 1 is 1.47 bits per heavy atom. The van der Waals surface area contributed by atoms with Crippen LogP contribution in [0.4, 0.5) is 0 Å². The highest BCUT2D eigenvalue weighted by atomic mass is 16.5. The lowest BCUT2D eigenvalue weighted by molar-refractivity contribution is -0.131. The average molecular weight is 232 g/mol. The van der Waals surface area contributed by atoms with E-state index in [1.165, 1.54) is 11.1 Å². The Kier molecular flexibility index (Phi) is 3.94. The van der Waals surface area contributed by atoms with Crippen LogP contribution in [0.3, 0.4) is 0 Å². The molecule has 17 heavy (non-hydrogen) atoms.